The lowest BCUT2D eigenvalue weighted by Crippen LogP contribution is -2.20. The molecule has 2 heterocycles. The molecule has 10 heteroatoms. The number of amides is 1. The van der Waals surface area contributed by atoms with Crippen LogP contribution >= 0.6 is 11.3 Å². The minimum atomic E-state index is -0.724. The van der Waals surface area contributed by atoms with E-state index in [9.17, 15) is 19.6 Å². The van der Waals surface area contributed by atoms with Gasteiger partial charge in [-0.3, -0.25) is 4.79 Å². The summed E-state index contributed by atoms with van der Waals surface area (Å²) >= 11 is 0.935. The summed E-state index contributed by atoms with van der Waals surface area (Å²) in [7, 11) is 0. The first-order valence-corrected chi connectivity index (χ1v) is 14.6. The Morgan fingerprint density at radius 1 is 0.818 bits per heavy atom. The van der Waals surface area contributed by atoms with Crippen molar-refractivity contribution >= 4 is 45.2 Å². The van der Waals surface area contributed by atoms with Gasteiger partial charge in [-0.15, -0.1) is 11.3 Å². The molecule has 2 aromatic heterocycles. The summed E-state index contributed by atoms with van der Waals surface area (Å²) in [5.74, 6) is -1.95. The number of carbonyl (C=O) groups is 3. The minimum Gasteiger partial charge on any atom is -0.462 e. The maximum atomic E-state index is 12.9. The van der Waals surface area contributed by atoms with E-state index in [1.807, 2.05) is 68.4 Å². The Hall–Kier alpha value is -5.40. The lowest BCUT2D eigenvalue weighted by atomic mass is 10.0. The fraction of sp³-hybridized carbons (Fsp3) is 0.176. The van der Waals surface area contributed by atoms with Gasteiger partial charge in [-0.2, -0.15) is 5.26 Å². The summed E-state index contributed by atoms with van der Waals surface area (Å²) in [4.78, 5) is 47.8. The zero-order chi connectivity index (χ0) is 31.4. The van der Waals surface area contributed by atoms with Crippen LogP contribution in [-0.2, 0) is 14.3 Å². The number of ether oxygens (including phenoxy) is 2. The van der Waals surface area contributed by atoms with E-state index >= 15 is 0 Å². The maximum Gasteiger partial charge on any atom is 0.348 e. The largest absolute Gasteiger partial charge is 0.462 e. The van der Waals surface area contributed by atoms with Crippen LogP contribution in [0.25, 0.3) is 33.5 Å². The van der Waals surface area contributed by atoms with Crippen LogP contribution in [0.1, 0.15) is 49.2 Å². The molecule has 1 amide bonds. The normalized spacial score (nSPS) is 10.7. The lowest BCUT2D eigenvalue weighted by Gasteiger charge is -2.12. The molecule has 0 aliphatic rings. The third-order valence-electron chi connectivity index (χ3n) is 6.86. The first-order chi connectivity index (χ1) is 21.2. The Morgan fingerprint density at radius 2 is 1.41 bits per heavy atom. The number of hydrogen-bond acceptors (Lipinski definition) is 9. The van der Waals surface area contributed by atoms with E-state index in [1.54, 1.807) is 32.0 Å². The van der Waals surface area contributed by atoms with Crippen molar-refractivity contribution in [3.63, 3.8) is 0 Å². The van der Waals surface area contributed by atoms with Gasteiger partial charge in [-0.05, 0) is 51.5 Å². The van der Waals surface area contributed by atoms with Crippen molar-refractivity contribution in [2.75, 3.05) is 18.5 Å². The van der Waals surface area contributed by atoms with Crippen molar-refractivity contribution in [1.82, 2.24) is 9.97 Å². The molecule has 0 bridgehead atoms. The number of nitrogens with zero attached hydrogens (tertiary/aromatic N) is 3. The SMILES string of the molecule is CCOC(=O)c1sc(NC(=O)COC(=O)c2ccc3nc(-c4ccc(C)cc4)c(-c4ccc(C)cc4)nc3c2)c(C#N)c1C. The highest BCUT2D eigenvalue weighted by molar-refractivity contribution is 7.18. The van der Waals surface area contributed by atoms with E-state index in [4.69, 9.17) is 19.4 Å². The molecule has 1 N–H and O–H groups in total. The van der Waals surface area contributed by atoms with E-state index < -0.39 is 24.5 Å². The summed E-state index contributed by atoms with van der Waals surface area (Å²) in [6.07, 6.45) is 0. The summed E-state index contributed by atoms with van der Waals surface area (Å²) in [5.41, 5.74) is 7.31. The zero-order valence-electron chi connectivity index (χ0n) is 24.6. The van der Waals surface area contributed by atoms with Crippen LogP contribution in [0, 0.1) is 32.1 Å². The molecule has 44 heavy (non-hydrogen) atoms. The first-order valence-electron chi connectivity index (χ1n) is 13.8. The zero-order valence-corrected chi connectivity index (χ0v) is 25.4. The molecule has 0 spiro atoms. The number of nitriles is 1. The lowest BCUT2D eigenvalue weighted by molar-refractivity contribution is -0.119. The number of carbonyl (C=O) groups excluding carboxylic acids is 3. The van der Waals surface area contributed by atoms with Crippen molar-refractivity contribution in [1.29, 1.82) is 5.26 Å². The van der Waals surface area contributed by atoms with Gasteiger partial charge in [0.05, 0.1) is 40.2 Å². The van der Waals surface area contributed by atoms with E-state index in [0.29, 0.717) is 22.3 Å². The summed E-state index contributed by atoms with van der Waals surface area (Å²) in [6, 6.07) is 22.9. The van der Waals surface area contributed by atoms with Crippen molar-refractivity contribution in [2.24, 2.45) is 0 Å². The van der Waals surface area contributed by atoms with Crippen molar-refractivity contribution in [3.05, 3.63) is 99.4 Å². The second-order valence-electron chi connectivity index (χ2n) is 10.1. The minimum absolute atomic E-state index is 0.153. The molecule has 5 aromatic rings. The molecule has 0 fully saturated rings. The summed E-state index contributed by atoms with van der Waals surface area (Å²) < 4.78 is 10.3. The number of benzene rings is 3. The van der Waals surface area contributed by atoms with Gasteiger partial charge in [-0.1, -0.05) is 59.7 Å². The van der Waals surface area contributed by atoms with Gasteiger partial charge in [0.25, 0.3) is 5.91 Å². The number of hydrogen-bond donors (Lipinski definition) is 1. The molecule has 3 aromatic carbocycles. The molecule has 0 radical (unpaired) electrons. The highest BCUT2D eigenvalue weighted by Crippen LogP contribution is 2.34. The fourth-order valence-electron chi connectivity index (χ4n) is 4.51. The molecule has 5 rings (SSSR count). The molecule has 0 aliphatic heterocycles. The quantitative estimate of drug-likeness (QED) is 0.192. The summed E-state index contributed by atoms with van der Waals surface area (Å²) in [6.45, 7) is 6.90. The summed E-state index contributed by atoms with van der Waals surface area (Å²) in [5, 5.41) is 12.3. The molecule has 0 aliphatic carbocycles. The van der Waals surface area contributed by atoms with Crippen molar-refractivity contribution in [2.45, 2.75) is 27.7 Å². The Kier molecular flexibility index (Phi) is 8.78. The van der Waals surface area contributed by atoms with E-state index in [-0.39, 0.29) is 27.6 Å². The smallest absolute Gasteiger partial charge is 0.348 e. The van der Waals surface area contributed by atoms with Crippen LogP contribution < -0.4 is 5.32 Å². The van der Waals surface area contributed by atoms with Crippen molar-refractivity contribution in [3.8, 4) is 28.6 Å². The average Bonchev–Trinajstić information content (AvgIpc) is 3.34. The van der Waals surface area contributed by atoms with Crippen LogP contribution in [0.4, 0.5) is 5.00 Å². The molecule has 220 valence electrons. The van der Waals surface area contributed by atoms with Gasteiger partial charge >= 0.3 is 11.9 Å². The second-order valence-corrected chi connectivity index (χ2v) is 11.1. The standard InChI is InChI=1S/C34H28N4O5S/c1-5-42-34(41)31-21(4)25(17-35)32(44-31)38-28(39)18-43-33(40)24-14-15-26-27(16-24)37-30(23-12-8-20(3)9-13-23)29(36-26)22-10-6-19(2)7-11-22/h6-16H,5,18H2,1-4H3,(H,38,39). The van der Waals surface area contributed by atoms with E-state index in [1.165, 1.54) is 0 Å². The Balaban J connectivity index is 1.37. The van der Waals surface area contributed by atoms with Crippen LogP contribution in [0.15, 0.2) is 66.7 Å². The number of rotatable bonds is 8. The van der Waals surface area contributed by atoms with Gasteiger partial charge in [0.15, 0.2) is 6.61 Å². The van der Waals surface area contributed by atoms with E-state index in [0.717, 1.165) is 39.3 Å². The molecule has 0 atom stereocenters. The van der Waals surface area contributed by atoms with Gasteiger partial charge in [0, 0.05) is 11.1 Å². The third-order valence-corrected chi connectivity index (χ3v) is 8.04. The molecular formula is C34H28N4O5S. The molecule has 0 saturated heterocycles. The van der Waals surface area contributed by atoms with Gasteiger partial charge in [0.2, 0.25) is 0 Å². The Bertz CT molecular complexity index is 1940. The molecule has 0 saturated carbocycles. The first kappa shape index (κ1) is 30.1. The maximum absolute atomic E-state index is 12.9. The van der Waals surface area contributed by atoms with E-state index in [2.05, 4.69) is 5.32 Å². The molecule has 9 nitrogen and oxygen atoms in total. The van der Waals surface area contributed by atoms with Gasteiger partial charge in [-0.25, -0.2) is 19.6 Å². The predicted molar refractivity (Wildman–Crippen MR) is 169 cm³/mol. The highest BCUT2D eigenvalue weighted by Gasteiger charge is 2.23. The van der Waals surface area contributed by atoms with Crippen LogP contribution in [0.3, 0.4) is 0 Å². The Labute approximate surface area is 258 Å². The second kappa shape index (κ2) is 12.9. The number of esters is 2. The molecule has 0 unspecified atom stereocenters. The number of nitrogens with one attached hydrogen (secondary N) is 1. The van der Waals surface area contributed by atoms with Crippen molar-refractivity contribution < 1.29 is 23.9 Å². The number of anilines is 1. The highest BCUT2D eigenvalue weighted by atomic mass is 32.1. The number of aromatic nitrogens is 2. The van der Waals surface area contributed by atoms with Crippen LogP contribution in [-0.4, -0.2) is 41.0 Å². The average molecular weight is 605 g/mol. The third kappa shape index (κ3) is 6.33. The topological polar surface area (TPSA) is 131 Å². The number of aryl methyl sites for hydroxylation is 2. The number of fused-ring (bicyclic) bond motifs is 1. The predicted octanol–water partition coefficient (Wildman–Crippen LogP) is 6.79. The fourth-order valence-corrected chi connectivity index (χ4v) is 5.58. The van der Waals surface area contributed by atoms with Gasteiger partial charge < -0.3 is 14.8 Å². The molecular weight excluding hydrogens is 576 g/mol. The van der Waals surface area contributed by atoms with Crippen LogP contribution in [0.5, 0.6) is 0 Å². The monoisotopic (exact) mass is 604 g/mol. The van der Waals surface area contributed by atoms with Gasteiger partial charge in [0.1, 0.15) is 15.9 Å². The Morgan fingerprint density at radius 3 is 1.98 bits per heavy atom. The number of thiophene rings is 1. The van der Waals surface area contributed by atoms with Crippen LogP contribution in [0.2, 0.25) is 0 Å².